The molecular weight excluding hydrogens is 348 g/mol. The van der Waals surface area contributed by atoms with E-state index >= 15 is 0 Å². The van der Waals surface area contributed by atoms with Gasteiger partial charge >= 0.3 is 0 Å². The number of aryl methyl sites for hydroxylation is 1. The Labute approximate surface area is 166 Å². The molecule has 3 aromatic rings. The van der Waals surface area contributed by atoms with Crippen LogP contribution < -0.4 is 4.90 Å². The van der Waals surface area contributed by atoms with Gasteiger partial charge < -0.3 is 9.80 Å². The minimum atomic E-state index is 0.420. The molecule has 5 rings (SSSR count). The van der Waals surface area contributed by atoms with Gasteiger partial charge in [-0.1, -0.05) is 12.1 Å². The van der Waals surface area contributed by atoms with Gasteiger partial charge in [0.15, 0.2) is 0 Å². The van der Waals surface area contributed by atoms with Crippen molar-refractivity contribution in [2.75, 3.05) is 44.7 Å². The lowest BCUT2D eigenvalue weighted by atomic mass is 9.96. The second-order valence-corrected chi connectivity index (χ2v) is 8.12. The Bertz CT molecular complexity index is 972. The smallest absolute Gasteiger partial charge is 0.138 e. The Morgan fingerprint density at radius 1 is 1.04 bits per heavy atom. The summed E-state index contributed by atoms with van der Waals surface area (Å²) in [7, 11) is 2.19. The Morgan fingerprint density at radius 3 is 2.64 bits per heavy atom. The van der Waals surface area contributed by atoms with Gasteiger partial charge in [-0.15, -0.1) is 0 Å². The van der Waals surface area contributed by atoms with E-state index in [1.54, 1.807) is 0 Å². The molecule has 6 nitrogen and oxygen atoms in total. The summed E-state index contributed by atoms with van der Waals surface area (Å²) in [4.78, 5) is 16.9. The van der Waals surface area contributed by atoms with Crippen molar-refractivity contribution in [1.29, 1.82) is 0 Å². The second kappa shape index (κ2) is 7.18. The monoisotopic (exact) mass is 376 g/mol. The molecule has 2 aliphatic heterocycles. The van der Waals surface area contributed by atoms with Crippen LogP contribution in [0.4, 0.5) is 5.82 Å². The fourth-order valence-corrected chi connectivity index (χ4v) is 4.41. The molecule has 0 aromatic carbocycles. The van der Waals surface area contributed by atoms with Crippen molar-refractivity contribution < 1.29 is 0 Å². The van der Waals surface area contributed by atoms with E-state index in [-0.39, 0.29) is 0 Å². The van der Waals surface area contributed by atoms with Gasteiger partial charge in [-0.3, -0.25) is 14.3 Å². The van der Waals surface area contributed by atoms with Crippen LogP contribution in [-0.4, -0.2) is 63.9 Å². The van der Waals surface area contributed by atoms with E-state index in [0.717, 1.165) is 50.6 Å². The largest absolute Gasteiger partial charge is 0.355 e. The highest BCUT2D eigenvalue weighted by molar-refractivity contribution is 5.53. The Morgan fingerprint density at radius 2 is 1.89 bits per heavy atom. The Balaban J connectivity index is 1.37. The van der Waals surface area contributed by atoms with E-state index in [0.29, 0.717) is 6.04 Å². The maximum atomic E-state index is 4.92. The maximum absolute atomic E-state index is 4.92. The summed E-state index contributed by atoms with van der Waals surface area (Å²) in [5, 5.41) is 0. The topological polar surface area (TPSA) is 39.9 Å². The third-order valence-electron chi connectivity index (χ3n) is 6.21. The zero-order valence-corrected chi connectivity index (χ0v) is 16.8. The second-order valence-electron chi connectivity index (χ2n) is 8.12. The highest BCUT2D eigenvalue weighted by Gasteiger charge is 2.32. The van der Waals surface area contributed by atoms with Gasteiger partial charge in [-0.05, 0) is 44.2 Å². The molecule has 0 aliphatic carbocycles. The predicted molar refractivity (Wildman–Crippen MR) is 112 cm³/mol. The average Bonchev–Trinajstić information content (AvgIpc) is 3.11. The van der Waals surface area contributed by atoms with Gasteiger partial charge in [0.2, 0.25) is 0 Å². The van der Waals surface area contributed by atoms with Gasteiger partial charge in [0.25, 0.3) is 0 Å². The fraction of sp³-hybridized carbons (Fsp3) is 0.455. The zero-order chi connectivity index (χ0) is 19.1. The first kappa shape index (κ1) is 17.6. The Kier molecular flexibility index (Phi) is 4.53. The normalized spacial score (nSPS) is 21.2. The molecule has 0 N–H and O–H groups in total. The first-order chi connectivity index (χ1) is 13.7. The number of nitrogens with zero attached hydrogens (tertiary/aromatic N) is 6. The fourth-order valence-electron chi connectivity index (χ4n) is 4.41. The molecule has 0 spiro atoms. The van der Waals surface area contributed by atoms with Gasteiger partial charge in [-0.25, -0.2) is 4.98 Å². The summed E-state index contributed by atoms with van der Waals surface area (Å²) in [6.07, 6.45) is 5.31. The number of imidazole rings is 1. The van der Waals surface area contributed by atoms with Crippen molar-refractivity contribution in [3.63, 3.8) is 0 Å². The number of rotatable bonds is 4. The van der Waals surface area contributed by atoms with Crippen molar-refractivity contribution in [3.8, 4) is 0 Å². The van der Waals surface area contributed by atoms with Crippen LogP contribution in [0.5, 0.6) is 0 Å². The van der Waals surface area contributed by atoms with Crippen molar-refractivity contribution in [2.24, 2.45) is 0 Å². The van der Waals surface area contributed by atoms with Crippen LogP contribution in [0.2, 0.25) is 0 Å². The van der Waals surface area contributed by atoms with E-state index in [2.05, 4.69) is 68.5 Å². The van der Waals surface area contributed by atoms with Crippen molar-refractivity contribution in [1.82, 2.24) is 24.2 Å². The summed E-state index contributed by atoms with van der Waals surface area (Å²) in [6, 6.07) is 11.1. The summed E-state index contributed by atoms with van der Waals surface area (Å²) in [5.74, 6) is 1.25. The molecular formula is C22H28N6. The van der Waals surface area contributed by atoms with Crippen LogP contribution >= 0.6 is 0 Å². The average molecular weight is 377 g/mol. The molecule has 0 amide bonds. The van der Waals surface area contributed by atoms with E-state index in [1.165, 1.54) is 23.5 Å². The minimum Gasteiger partial charge on any atom is -0.355 e. The lowest BCUT2D eigenvalue weighted by molar-refractivity contribution is 0.0769. The number of hydrogen-bond acceptors (Lipinski definition) is 5. The maximum Gasteiger partial charge on any atom is 0.138 e. The lowest BCUT2D eigenvalue weighted by Gasteiger charge is -2.40. The number of likely N-dealkylation sites (N-methyl/N-ethyl adjacent to an activating group) is 1. The molecule has 1 unspecified atom stereocenters. The van der Waals surface area contributed by atoms with E-state index in [1.807, 2.05) is 12.3 Å². The number of aromatic nitrogens is 3. The summed E-state index contributed by atoms with van der Waals surface area (Å²) in [5.41, 5.74) is 4.68. The third kappa shape index (κ3) is 3.16. The molecule has 5 heterocycles. The molecule has 1 atom stereocenters. The van der Waals surface area contributed by atoms with Crippen LogP contribution in [0.1, 0.15) is 29.4 Å². The molecule has 2 aliphatic rings. The standard InChI is InChI=1S/C22H28N6/c1-17-5-4-9-23-22(17)19-8-10-27(19)15-18-16-28-20(24-18)6-3-7-21(28)26-13-11-25(2)12-14-26/h3-7,9,16,19H,8,10-15H2,1-2H3. The highest BCUT2D eigenvalue weighted by atomic mass is 15.3. The molecule has 146 valence electrons. The molecule has 0 saturated carbocycles. The minimum absolute atomic E-state index is 0.420. The van der Waals surface area contributed by atoms with Crippen molar-refractivity contribution >= 4 is 11.5 Å². The zero-order valence-electron chi connectivity index (χ0n) is 16.8. The summed E-state index contributed by atoms with van der Waals surface area (Å²) in [6.45, 7) is 8.50. The molecule has 2 fully saturated rings. The quantitative estimate of drug-likeness (QED) is 0.700. The first-order valence-corrected chi connectivity index (χ1v) is 10.2. The number of pyridine rings is 2. The van der Waals surface area contributed by atoms with Gasteiger partial charge in [0, 0.05) is 51.7 Å². The van der Waals surface area contributed by atoms with Crippen molar-refractivity contribution in [3.05, 3.63) is 59.7 Å². The third-order valence-corrected chi connectivity index (χ3v) is 6.21. The number of piperazine rings is 1. The van der Waals surface area contributed by atoms with Gasteiger partial charge in [-0.2, -0.15) is 0 Å². The number of likely N-dealkylation sites (tertiary alicyclic amines) is 1. The molecule has 0 radical (unpaired) electrons. The highest BCUT2D eigenvalue weighted by Crippen LogP contribution is 2.34. The van der Waals surface area contributed by atoms with Gasteiger partial charge in [0.05, 0.1) is 17.4 Å². The summed E-state index contributed by atoms with van der Waals surface area (Å²) < 4.78 is 2.27. The number of hydrogen-bond donors (Lipinski definition) is 0. The SMILES string of the molecule is Cc1cccnc1C1CCN1Cc1cn2c(N3CCN(C)CC3)cccc2n1. The summed E-state index contributed by atoms with van der Waals surface area (Å²) >= 11 is 0. The molecule has 2 saturated heterocycles. The predicted octanol–water partition coefficient (Wildman–Crippen LogP) is 2.74. The van der Waals surface area contributed by atoms with Gasteiger partial charge in [0.1, 0.15) is 11.5 Å². The van der Waals surface area contributed by atoms with E-state index in [4.69, 9.17) is 4.98 Å². The van der Waals surface area contributed by atoms with Crippen molar-refractivity contribution in [2.45, 2.75) is 25.9 Å². The van der Waals surface area contributed by atoms with Crippen LogP contribution in [0.25, 0.3) is 5.65 Å². The molecule has 3 aromatic heterocycles. The molecule has 0 bridgehead atoms. The van der Waals surface area contributed by atoms with Crippen LogP contribution in [0.15, 0.2) is 42.7 Å². The lowest BCUT2D eigenvalue weighted by Crippen LogP contribution is -2.45. The number of anilines is 1. The Hall–Kier alpha value is -2.44. The molecule has 28 heavy (non-hydrogen) atoms. The van der Waals surface area contributed by atoms with E-state index in [9.17, 15) is 0 Å². The first-order valence-electron chi connectivity index (χ1n) is 10.2. The van der Waals surface area contributed by atoms with E-state index < -0.39 is 0 Å². The van der Waals surface area contributed by atoms with Crippen LogP contribution in [0, 0.1) is 6.92 Å². The van der Waals surface area contributed by atoms with Crippen LogP contribution in [0.3, 0.4) is 0 Å². The molecule has 6 heteroatoms. The number of fused-ring (bicyclic) bond motifs is 1. The van der Waals surface area contributed by atoms with Crippen LogP contribution in [-0.2, 0) is 6.54 Å².